The fourth-order valence-electron chi connectivity index (χ4n) is 4.54. The van der Waals surface area contributed by atoms with Crippen molar-refractivity contribution in [3.63, 3.8) is 0 Å². The van der Waals surface area contributed by atoms with E-state index in [-0.39, 0.29) is 5.91 Å². The fraction of sp³-hybridized carbons (Fsp3) is 0.240. The van der Waals surface area contributed by atoms with Crippen molar-refractivity contribution < 1.29 is 9.21 Å². The van der Waals surface area contributed by atoms with E-state index in [9.17, 15) is 4.79 Å². The Hall–Kier alpha value is -4.27. The Morgan fingerprint density at radius 3 is 2.62 bits per heavy atom. The number of benzene rings is 1. The van der Waals surface area contributed by atoms with Gasteiger partial charge < -0.3 is 14.2 Å². The number of carbonyl (C=O) groups excluding carboxylic acids is 1. The normalized spacial score (nSPS) is 14.3. The lowest BCUT2D eigenvalue weighted by Crippen LogP contribution is -2.49. The van der Waals surface area contributed by atoms with E-state index in [2.05, 4.69) is 20.0 Å². The number of piperazine rings is 1. The lowest BCUT2D eigenvalue weighted by atomic mass is 10.0. The Kier molecular flexibility index (Phi) is 4.75. The second kappa shape index (κ2) is 7.95. The highest BCUT2D eigenvalue weighted by Crippen LogP contribution is 2.28. The third-order valence-corrected chi connectivity index (χ3v) is 6.31. The van der Waals surface area contributed by atoms with E-state index in [1.54, 1.807) is 17.2 Å². The molecule has 0 N–H and O–H groups in total. The Bertz CT molecular complexity index is 1530. The van der Waals surface area contributed by atoms with E-state index in [1.807, 2.05) is 61.3 Å². The summed E-state index contributed by atoms with van der Waals surface area (Å²) in [5.41, 5.74) is 2.87. The van der Waals surface area contributed by atoms with Crippen molar-refractivity contribution in [3.05, 3.63) is 66.3 Å². The number of aryl methyl sites for hydroxylation is 2. The molecule has 0 unspecified atom stereocenters. The zero-order valence-corrected chi connectivity index (χ0v) is 19.0. The zero-order chi connectivity index (χ0) is 23.2. The van der Waals surface area contributed by atoms with Crippen LogP contribution in [-0.2, 0) is 7.05 Å². The first kappa shape index (κ1) is 20.3. The summed E-state index contributed by atoms with van der Waals surface area (Å²) in [6, 6.07) is 13.4. The zero-order valence-electron chi connectivity index (χ0n) is 19.0. The summed E-state index contributed by atoms with van der Waals surface area (Å²) >= 11 is 0. The number of para-hydroxylation sites is 1. The number of amides is 1. The topological polar surface area (TPSA) is 93.2 Å². The van der Waals surface area contributed by atoms with Crippen LogP contribution in [0.3, 0.4) is 0 Å². The van der Waals surface area contributed by atoms with Gasteiger partial charge in [-0.05, 0) is 31.2 Å². The van der Waals surface area contributed by atoms with Crippen LogP contribution in [0.5, 0.6) is 0 Å². The molecule has 1 amide bonds. The van der Waals surface area contributed by atoms with Gasteiger partial charge in [-0.25, -0.2) is 15.0 Å². The molecule has 5 heterocycles. The highest BCUT2D eigenvalue weighted by Gasteiger charge is 2.26. The third kappa shape index (κ3) is 3.37. The first-order valence-corrected chi connectivity index (χ1v) is 11.2. The molecule has 6 rings (SSSR count). The van der Waals surface area contributed by atoms with Gasteiger partial charge in [-0.1, -0.05) is 18.2 Å². The Morgan fingerprint density at radius 2 is 1.82 bits per heavy atom. The molecule has 0 saturated carbocycles. The number of fused-ring (bicyclic) bond motifs is 2. The molecule has 1 fully saturated rings. The Balaban J connectivity index is 1.29. The summed E-state index contributed by atoms with van der Waals surface area (Å²) in [6.07, 6.45) is 3.36. The molecule has 170 valence electrons. The van der Waals surface area contributed by atoms with Crippen LogP contribution in [0.25, 0.3) is 33.4 Å². The number of furan rings is 1. The van der Waals surface area contributed by atoms with Gasteiger partial charge >= 0.3 is 0 Å². The van der Waals surface area contributed by atoms with Crippen molar-refractivity contribution in [2.75, 3.05) is 31.1 Å². The fourth-order valence-corrected chi connectivity index (χ4v) is 4.54. The predicted octanol–water partition coefficient (Wildman–Crippen LogP) is 3.44. The lowest BCUT2D eigenvalue weighted by Gasteiger charge is -2.35. The van der Waals surface area contributed by atoms with E-state index in [1.165, 1.54) is 0 Å². The number of anilines is 1. The molecule has 1 aromatic carbocycles. The van der Waals surface area contributed by atoms with Gasteiger partial charge in [-0.15, -0.1) is 0 Å². The second-order valence-corrected chi connectivity index (χ2v) is 8.46. The highest BCUT2D eigenvalue weighted by atomic mass is 16.3. The van der Waals surface area contributed by atoms with Crippen LogP contribution in [0.15, 0.2) is 59.4 Å². The average Bonchev–Trinajstić information content (AvgIpc) is 3.48. The van der Waals surface area contributed by atoms with Gasteiger partial charge in [0.15, 0.2) is 11.4 Å². The molecule has 0 spiro atoms. The van der Waals surface area contributed by atoms with Gasteiger partial charge in [0.1, 0.15) is 23.6 Å². The molecule has 1 aliphatic heterocycles. The standard InChI is InChI=1S/C25H23N7O2/c1-16-7-8-22(34-16)21-13-18(17-5-3-4-6-20(17)29-21)25(33)32-11-9-31(10-12-32)24-19-14-28-30(2)23(19)26-15-27-24/h3-8,13-15H,9-12H2,1-2H3. The molecular weight excluding hydrogens is 430 g/mol. The van der Waals surface area contributed by atoms with Crippen LogP contribution < -0.4 is 4.90 Å². The molecule has 0 atom stereocenters. The van der Waals surface area contributed by atoms with Gasteiger partial charge in [-0.2, -0.15) is 5.10 Å². The summed E-state index contributed by atoms with van der Waals surface area (Å²) in [4.78, 5) is 31.3. The van der Waals surface area contributed by atoms with Crippen LogP contribution in [-0.4, -0.2) is 61.7 Å². The maximum Gasteiger partial charge on any atom is 0.254 e. The van der Waals surface area contributed by atoms with Crippen LogP contribution in [0.2, 0.25) is 0 Å². The summed E-state index contributed by atoms with van der Waals surface area (Å²) in [5, 5.41) is 6.07. The maximum absolute atomic E-state index is 13.7. The van der Waals surface area contributed by atoms with Crippen molar-refractivity contribution in [2.24, 2.45) is 7.05 Å². The molecule has 5 aromatic rings. The van der Waals surface area contributed by atoms with E-state index < -0.39 is 0 Å². The van der Waals surface area contributed by atoms with Crippen molar-refractivity contribution in [1.29, 1.82) is 0 Å². The molecule has 0 bridgehead atoms. The summed E-state index contributed by atoms with van der Waals surface area (Å²) in [7, 11) is 1.87. The van der Waals surface area contributed by atoms with Gasteiger partial charge in [-0.3, -0.25) is 9.48 Å². The first-order chi connectivity index (χ1) is 16.6. The minimum Gasteiger partial charge on any atom is -0.460 e. The smallest absolute Gasteiger partial charge is 0.254 e. The van der Waals surface area contributed by atoms with Gasteiger partial charge in [0.2, 0.25) is 0 Å². The van der Waals surface area contributed by atoms with Crippen LogP contribution in [0.1, 0.15) is 16.1 Å². The maximum atomic E-state index is 13.7. The Morgan fingerprint density at radius 1 is 1.00 bits per heavy atom. The minimum atomic E-state index is -0.00279. The number of hydrogen-bond acceptors (Lipinski definition) is 7. The summed E-state index contributed by atoms with van der Waals surface area (Å²) in [5.74, 6) is 2.32. The van der Waals surface area contributed by atoms with Crippen molar-refractivity contribution in [3.8, 4) is 11.5 Å². The van der Waals surface area contributed by atoms with Crippen LogP contribution in [0, 0.1) is 6.92 Å². The number of aromatic nitrogens is 5. The van der Waals surface area contributed by atoms with Gasteiger partial charge in [0, 0.05) is 38.6 Å². The number of rotatable bonds is 3. The molecular formula is C25H23N7O2. The van der Waals surface area contributed by atoms with Crippen LogP contribution >= 0.6 is 0 Å². The molecule has 1 aliphatic rings. The molecule has 4 aromatic heterocycles. The van der Waals surface area contributed by atoms with Crippen LogP contribution in [0.4, 0.5) is 5.82 Å². The van der Waals surface area contributed by atoms with E-state index >= 15 is 0 Å². The number of carbonyl (C=O) groups is 1. The molecule has 0 radical (unpaired) electrons. The summed E-state index contributed by atoms with van der Waals surface area (Å²) in [6.45, 7) is 4.44. The highest BCUT2D eigenvalue weighted by molar-refractivity contribution is 6.07. The third-order valence-electron chi connectivity index (χ3n) is 6.31. The molecule has 9 nitrogen and oxygen atoms in total. The van der Waals surface area contributed by atoms with E-state index in [0.29, 0.717) is 43.2 Å². The summed E-state index contributed by atoms with van der Waals surface area (Å²) < 4.78 is 7.53. The predicted molar refractivity (Wildman–Crippen MR) is 129 cm³/mol. The first-order valence-electron chi connectivity index (χ1n) is 11.2. The second-order valence-electron chi connectivity index (χ2n) is 8.46. The van der Waals surface area contributed by atoms with Gasteiger partial charge in [0.25, 0.3) is 5.91 Å². The largest absolute Gasteiger partial charge is 0.460 e. The van der Waals surface area contributed by atoms with Crippen molar-refractivity contribution in [1.82, 2.24) is 29.6 Å². The number of hydrogen-bond donors (Lipinski definition) is 0. The minimum absolute atomic E-state index is 0.00279. The molecule has 1 saturated heterocycles. The lowest BCUT2D eigenvalue weighted by molar-refractivity contribution is 0.0748. The van der Waals surface area contributed by atoms with E-state index in [0.717, 1.165) is 33.5 Å². The Labute approximate surface area is 195 Å². The molecule has 9 heteroatoms. The molecule has 34 heavy (non-hydrogen) atoms. The average molecular weight is 454 g/mol. The van der Waals surface area contributed by atoms with Crippen molar-refractivity contribution in [2.45, 2.75) is 6.92 Å². The SMILES string of the molecule is Cc1ccc(-c2cc(C(=O)N3CCN(c4ncnc5c4cnn5C)CC3)c3ccccc3n2)o1. The molecule has 0 aliphatic carbocycles. The van der Waals surface area contributed by atoms with Crippen molar-refractivity contribution >= 4 is 33.7 Å². The van der Waals surface area contributed by atoms with Gasteiger partial charge in [0.05, 0.1) is 22.7 Å². The number of nitrogens with zero attached hydrogens (tertiary/aromatic N) is 7. The number of pyridine rings is 1. The quantitative estimate of drug-likeness (QED) is 0.413. The van der Waals surface area contributed by atoms with E-state index in [4.69, 9.17) is 9.40 Å². The monoisotopic (exact) mass is 453 g/mol.